The van der Waals surface area contributed by atoms with Gasteiger partial charge < -0.3 is 0 Å². The summed E-state index contributed by atoms with van der Waals surface area (Å²) in [4.78, 5) is 12.9. The van der Waals surface area contributed by atoms with Crippen LogP contribution in [-0.2, 0) is 4.79 Å². The molecule has 1 nitrogen and oxygen atoms in total. The van der Waals surface area contributed by atoms with Gasteiger partial charge in [0.05, 0.1) is 0 Å². The first-order chi connectivity index (χ1) is 9.36. The molecule has 3 aliphatic carbocycles. The maximum Gasteiger partial charge on any atom is 0.139 e. The van der Waals surface area contributed by atoms with Gasteiger partial charge in [0.25, 0.3) is 0 Å². The van der Waals surface area contributed by atoms with Crippen LogP contribution in [0.5, 0.6) is 0 Å². The normalized spacial score (nSPS) is 35.5. The number of ketones is 1. The first kappa shape index (κ1) is 13.6. The van der Waals surface area contributed by atoms with Gasteiger partial charge in [0.15, 0.2) is 0 Å². The van der Waals surface area contributed by atoms with Gasteiger partial charge >= 0.3 is 0 Å². The Morgan fingerprint density at radius 1 is 0.526 bits per heavy atom. The Hall–Kier alpha value is -0.330. The van der Waals surface area contributed by atoms with Crippen LogP contribution in [0.25, 0.3) is 0 Å². The van der Waals surface area contributed by atoms with Crippen molar-refractivity contribution in [2.75, 3.05) is 0 Å². The highest BCUT2D eigenvalue weighted by atomic mass is 16.1. The summed E-state index contributed by atoms with van der Waals surface area (Å²) in [6.07, 6.45) is 17.4. The van der Waals surface area contributed by atoms with Crippen molar-refractivity contribution in [1.29, 1.82) is 0 Å². The molecule has 0 unspecified atom stereocenters. The fraction of sp³-hybridized carbons (Fsp3) is 0.944. The van der Waals surface area contributed by atoms with Gasteiger partial charge in [-0.1, -0.05) is 44.9 Å². The Kier molecular flexibility index (Phi) is 4.61. The van der Waals surface area contributed by atoms with Crippen molar-refractivity contribution in [2.45, 2.75) is 83.5 Å². The molecule has 0 saturated heterocycles. The molecule has 0 bridgehead atoms. The number of Topliss-reactive ketones (excluding diaryl/α,β-unsaturated/α-hetero) is 1. The summed E-state index contributed by atoms with van der Waals surface area (Å²) in [5, 5.41) is 0. The van der Waals surface area contributed by atoms with E-state index in [0.29, 0.717) is 17.6 Å². The highest BCUT2D eigenvalue weighted by Crippen LogP contribution is 2.43. The summed E-state index contributed by atoms with van der Waals surface area (Å²) < 4.78 is 0. The first-order valence-electron chi connectivity index (χ1n) is 8.90. The molecule has 3 aliphatic rings. The van der Waals surface area contributed by atoms with E-state index in [1.807, 2.05) is 0 Å². The topological polar surface area (TPSA) is 17.1 Å². The van der Waals surface area contributed by atoms with E-state index in [0.717, 1.165) is 11.8 Å². The Balaban J connectivity index is 1.64. The second-order valence-corrected chi connectivity index (χ2v) is 7.34. The summed E-state index contributed by atoms with van der Waals surface area (Å²) in [5.41, 5.74) is 0. The van der Waals surface area contributed by atoms with Crippen molar-refractivity contribution < 1.29 is 4.79 Å². The third kappa shape index (κ3) is 3.06. The van der Waals surface area contributed by atoms with E-state index in [4.69, 9.17) is 0 Å². The lowest BCUT2D eigenvalue weighted by Gasteiger charge is -2.39. The van der Waals surface area contributed by atoms with E-state index >= 15 is 0 Å². The van der Waals surface area contributed by atoms with Crippen molar-refractivity contribution in [1.82, 2.24) is 0 Å². The van der Waals surface area contributed by atoms with Crippen LogP contribution < -0.4 is 0 Å². The number of hydrogen-bond acceptors (Lipinski definition) is 1. The van der Waals surface area contributed by atoms with Crippen molar-refractivity contribution in [3.63, 3.8) is 0 Å². The summed E-state index contributed by atoms with van der Waals surface area (Å²) in [7, 11) is 0. The lowest BCUT2D eigenvalue weighted by Crippen LogP contribution is -2.38. The minimum Gasteiger partial charge on any atom is -0.299 e. The quantitative estimate of drug-likeness (QED) is 0.674. The first-order valence-corrected chi connectivity index (χ1v) is 8.90. The van der Waals surface area contributed by atoms with Gasteiger partial charge in [0.1, 0.15) is 5.78 Å². The second kappa shape index (κ2) is 6.41. The minimum atomic E-state index is 0.459. The molecular weight excluding hydrogens is 232 g/mol. The minimum absolute atomic E-state index is 0.459. The summed E-state index contributed by atoms with van der Waals surface area (Å²) in [6.45, 7) is 0. The smallest absolute Gasteiger partial charge is 0.139 e. The second-order valence-electron chi connectivity index (χ2n) is 7.34. The average Bonchev–Trinajstić information content (AvgIpc) is 2.49. The predicted octanol–water partition coefficient (Wildman–Crippen LogP) is 5.13. The van der Waals surface area contributed by atoms with Crippen LogP contribution in [0.2, 0.25) is 0 Å². The van der Waals surface area contributed by atoms with Crippen molar-refractivity contribution >= 4 is 5.78 Å². The van der Waals surface area contributed by atoms with Crippen molar-refractivity contribution in [3.05, 3.63) is 0 Å². The highest BCUT2D eigenvalue weighted by Gasteiger charge is 2.39. The zero-order valence-corrected chi connectivity index (χ0v) is 12.4. The SMILES string of the molecule is O=C1[C@H](C2CCCCC2)CCC[C@@H]1C1CCCCC1. The molecule has 108 valence electrons. The monoisotopic (exact) mass is 262 g/mol. The molecule has 0 aromatic carbocycles. The molecule has 0 aromatic rings. The maximum absolute atomic E-state index is 12.9. The average molecular weight is 262 g/mol. The molecule has 3 saturated carbocycles. The Labute approximate surface area is 118 Å². The molecule has 0 heterocycles. The van der Waals surface area contributed by atoms with Crippen molar-refractivity contribution in [2.24, 2.45) is 23.7 Å². The van der Waals surface area contributed by atoms with Crippen molar-refractivity contribution in [3.8, 4) is 0 Å². The van der Waals surface area contributed by atoms with Gasteiger partial charge in [-0.15, -0.1) is 0 Å². The van der Waals surface area contributed by atoms with E-state index in [1.165, 1.54) is 83.5 Å². The molecule has 0 aliphatic heterocycles. The summed E-state index contributed by atoms with van der Waals surface area (Å²) in [5.74, 6) is 3.13. The summed E-state index contributed by atoms with van der Waals surface area (Å²) >= 11 is 0. The molecule has 0 spiro atoms. The lowest BCUT2D eigenvalue weighted by molar-refractivity contribution is -0.134. The molecule has 1 heteroatoms. The fourth-order valence-corrected chi connectivity index (χ4v) is 5.13. The van der Waals surface area contributed by atoms with Gasteiger partial charge in [-0.2, -0.15) is 0 Å². The Morgan fingerprint density at radius 3 is 1.37 bits per heavy atom. The number of carbonyl (C=O) groups excluding carboxylic acids is 1. The molecule has 0 radical (unpaired) electrons. The van der Waals surface area contributed by atoms with Crippen LogP contribution in [-0.4, -0.2) is 5.78 Å². The van der Waals surface area contributed by atoms with Crippen LogP contribution in [0.15, 0.2) is 0 Å². The fourth-order valence-electron chi connectivity index (χ4n) is 5.13. The molecule has 2 atom stereocenters. The zero-order chi connectivity index (χ0) is 13.1. The summed E-state index contributed by atoms with van der Waals surface area (Å²) in [6, 6.07) is 0. The van der Waals surface area contributed by atoms with Crippen LogP contribution in [0, 0.1) is 23.7 Å². The maximum atomic E-state index is 12.9. The van der Waals surface area contributed by atoms with Gasteiger partial charge in [-0.05, 0) is 50.4 Å². The molecule has 0 amide bonds. The molecular formula is C18H30O. The molecule has 3 fully saturated rings. The van der Waals surface area contributed by atoms with E-state index in [1.54, 1.807) is 0 Å². The largest absolute Gasteiger partial charge is 0.299 e. The standard InChI is InChI=1S/C18H30O/c19-18-16(14-8-3-1-4-9-14)12-7-13-17(18)15-10-5-2-6-11-15/h14-17H,1-13H2/t16-,17+. The Morgan fingerprint density at radius 2 is 0.947 bits per heavy atom. The van der Waals surface area contributed by atoms with Crippen LogP contribution >= 0.6 is 0 Å². The molecule has 0 N–H and O–H groups in total. The van der Waals surface area contributed by atoms with E-state index in [9.17, 15) is 4.79 Å². The number of carbonyl (C=O) groups is 1. The predicted molar refractivity (Wildman–Crippen MR) is 79.0 cm³/mol. The number of hydrogen-bond donors (Lipinski definition) is 0. The van der Waals surface area contributed by atoms with E-state index < -0.39 is 0 Å². The number of rotatable bonds is 2. The van der Waals surface area contributed by atoms with Crippen LogP contribution in [0.4, 0.5) is 0 Å². The van der Waals surface area contributed by atoms with E-state index in [-0.39, 0.29) is 0 Å². The van der Waals surface area contributed by atoms with Crippen LogP contribution in [0.3, 0.4) is 0 Å². The van der Waals surface area contributed by atoms with Gasteiger partial charge in [-0.25, -0.2) is 0 Å². The molecule has 3 rings (SSSR count). The third-order valence-corrected chi connectivity index (χ3v) is 6.20. The van der Waals surface area contributed by atoms with Crippen LogP contribution in [0.1, 0.15) is 83.5 Å². The third-order valence-electron chi connectivity index (χ3n) is 6.20. The lowest BCUT2D eigenvalue weighted by atomic mass is 9.65. The van der Waals surface area contributed by atoms with Gasteiger partial charge in [0, 0.05) is 11.8 Å². The van der Waals surface area contributed by atoms with Gasteiger partial charge in [0.2, 0.25) is 0 Å². The molecule has 0 aromatic heterocycles. The molecule has 19 heavy (non-hydrogen) atoms. The Bertz CT molecular complexity index is 269. The van der Waals surface area contributed by atoms with Gasteiger partial charge in [-0.3, -0.25) is 4.79 Å². The highest BCUT2D eigenvalue weighted by molar-refractivity contribution is 5.84. The van der Waals surface area contributed by atoms with E-state index in [2.05, 4.69) is 0 Å². The zero-order valence-electron chi connectivity index (χ0n) is 12.4.